The lowest BCUT2D eigenvalue weighted by Crippen LogP contribution is -2.11. The molecule has 0 atom stereocenters. The number of nitrogens with zero attached hydrogens (tertiary/aromatic N) is 4. The van der Waals surface area contributed by atoms with Crippen molar-refractivity contribution in [2.45, 2.75) is 27.7 Å². The van der Waals surface area contributed by atoms with Gasteiger partial charge in [-0.3, -0.25) is 0 Å². The first-order chi connectivity index (χ1) is 16.2. The average Bonchev–Trinajstić information content (AvgIpc) is 2.83. The quantitative estimate of drug-likeness (QED) is 0.545. The maximum Gasteiger partial charge on any atom is 0.136 e. The zero-order valence-electron chi connectivity index (χ0n) is 19.6. The molecule has 0 bridgehead atoms. The lowest BCUT2D eigenvalue weighted by molar-refractivity contribution is 1.36. The van der Waals surface area contributed by atoms with Gasteiger partial charge >= 0.3 is 0 Å². The van der Waals surface area contributed by atoms with Gasteiger partial charge in [-0.1, -0.05) is 24.3 Å². The number of rotatable bonds is 1. The third-order valence-corrected chi connectivity index (χ3v) is 5.43. The fourth-order valence-corrected chi connectivity index (χ4v) is 3.39. The minimum Gasteiger partial charge on any atom is -0.398 e. The van der Waals surface area contributed by atoms with Crippen molar-refractivity contribution in [2.24, 2.45) is 0 Å². The molecule has 166 valence electrons. The third kappa shape index (κ3) is 5.60. The van der Waals surface area contributed by atoms with Crippen LogP contribution in [0.15, 0.2) is 48.5 Å². The van der Waals surface area contributed by atoms with E-state index in [1.165, 1.54) is 35.4 Å². The molecule has 0 radical (unpaired) electrons. The fraction of sp³-hybridized carbons (Fsp3) is 0.143. The van der Waals surface area contributed by atoms with Gasteiger partial charge in [-0.15, -0.1) is 0 Å². The molecule has 4 N–H and O–H groups in total. The molecule has 0 saturated carbocycles. The number of anilines is 2. The van der Waals surface area contributed by atoms with Crippen LogP contribution in [0.4, 0.5) is 11.4 Å². The standard InChI is InChI=1S/C16H20N2.C12H4N4/c1-9-5-13(6-10(2)15(9)17)14-7-11(3)16(18)12(4)8-14;13-5-11(6-14)9-1-2-10(4-3-9)12(7-15)8-16/h5-8H,17-18H2,1-4H3;1-4H. The molecule has 0 aliphatic rings. The smallest absolute Gasteiger partial charge is 0.136 e. The van der Waals surface area contributed by atoms with Gasteiger partial charge in [0.15, 0.2) is 0 Å². The van der Waals surface area contributed by atoms with Crippen molar-refractivity contribution in [3.63, 3.8) is 0 Å². The molecule has 0 unspecified atom stereocenters. The van der Waals surface area contributed by atoms with Crippen molar-refractivity contribution in [3.05, 3.63) is 81.2 Å². The molecule has 0 aliphatic heterocycles. The van der Waals surface area contributed by atoms with Crippen LogP contribution in [-0.2, 0) is 0 Å². The summed E-state index contributed by atoms with van der Waals surface area (Å²) in [7, 11) is 0. The van der Waals surface area contributed by atoms with Gasteiger partial charge in [0.25, 0.3) is 0 Å². The minimum atomic E-state index is 0.00187. The molecule has 0 fully saturated rings. The maximum absolute atomic E-state index is 8.63. The molecule has 0 spiro atoms. The van der Waals surface area contributed by atoms with Crippen molar-refractivity contribution in [1.82, 2.24) is 0 Å². The Bertz CT molecular complexity index is 1330. The monoisotopic (exact) mass is 444 g/mol. The Labute approximate surface area is 199 Å². The van der Waals surface area contributed by atoms with E-state index in [2.05, 4.69) is 24.3 Å². The lowest BCUT2D eigenvalue weighted by atomic mass is 9.95. The van der Waals surface area contributed by atoms with E-state index in [9.17, 15) is 0 Å². The topological polar surface area (TPSA) is 147 Å². The van der Waals surface area contributed by atoms with Crippen LogP contribution >= 0.6 is 0 Å². The predicted octanol–water partition coefficient (Wildman–Crippen LogP) is 3.83. The molecule has 0 saturated heterocycles. The van der Waals surface area contributed by atoms with Crippen molar-refractivity contribution in [2.75, 3.05) is 11.5 Å². The summed E-state index contributed by atoms with van der Waals surface area (Å²) < 4.78 is 0. The molecule has 0 amide bonds. The maximum atomic E-state index is 8.63. The number of nitrogens with two attached hydrogens (primary N) is 2. The summed E-state index contributed by atoms with van der Waals surface area (Å²) >= 11 is 0. The highest BCUT2D eigenvalue weighted by Gasteiger charge is 2.07. The highest BCUT2D eigenvalue weighted by Crippen LogP contribution is 2.30. The summed E-state index contributed by atoms with van der Waals surface area (Å²) in [6.07, 6.45) is 0. The Balaban J connectivity index is 0.000000242. The lowest BCUT2D eigenvalue weighted by Gasteiger charge is -2.12. The van der Waals surface area contributed by atoms with E-state index in [0.29, 0.717) is 10.4 Å². The summed E-state index contributed by atoms with van der Waals surface area (Å²) in [6, 6.07) is 21.7. The molecule has 3 aromatic rings. The van der Waals surface area contributed by atoms with Gasteiger partial charge in [0.05, 0.1) is 0 Å². The Kier molecular flexibility index (Phi) is 8.17. The Morgan fingerprint density at radius 3 is 0.971 bits per heavy atom. The van der Waals surface area contributed by atoms with Crippen molar-refractivity contribution >= 4 is 22.5 Å². The van der Waals surface area contributed by atoms with E-state index in [1.807, 2.05) is 27.7 Å². The van der Waals surface area contributed by atoms with Crippen molar-refractivity contribution < 1.29 is 0 Å². The first-order valence-electron chi connectivity index (χ1n) is 10.4. The Hall–Kier alpha value is -5.04. The van der Waals surface area contributed by atoms with Crippen LogP contribution in [-0.4, -0.2) is 0 Å². The van der Waals surface area contributed by atoms with Gasteiger partial charge in [-0.2, -0.15) is 21.0 Å². The molecule has 3 rings (SSSR count). The Morgan fingerprint density at radius 1 is 0.529 bits per heavy atom. The number of nitrogen functional groups attached to an aromatic ring is 2. The van der Waals surface area contributed by atoms with Crippen LogP contribution in [0.3, 0.4) is 0 Å². The molecular formula is C28H24N6. The molecule has 0 aliphatic carbocycles. The van der Waals surface area contributed by atoms with E-state index in [4.69, 9.17) is 32.5 Å². The number of benzene rings is 3. The van der Waals surface area contributed by atoms with Gasteiger partial charge in [0.2, 0.25) is 0 Å². The first kappa shape index (κ1) is 25.2. The van der Waals surface area contributed by atoms with Crippen molar-refractivity contribution in [1.29, 1.82) is 21.0 Å². The zero-order chi connectivity index (χ0) is 25.4. The normalized spacial score (nSPS) is 9.29. The highest BCUT2D eigenvalue weighted by molar-refractivity contribution is 5.75. The molecular weight excluding hydrogens is 420 g/mol. The Morgan fingerprint density at radius 2 is 0.765 bits per heavy atom. The van der Waals surface area contributed by atoms with Crippen LogP contribution in [0.5, 0.6) is 0 Å². The van der Waals surface area contributed by atoms with Crippen LogP contribution in [0.2, 0.25) is 0 Å². The molecule has 6 heteroatoms. The summed E-state index contributed by atoms with van der Waals surface area (Å²) in [5, 5.41) is 35.5. The SMILES string of the molecule is Cc1cc(-c2cc(C)c(N)c(C)c2)cc(C)c1N.N#CC(C#N)=c1ccc(=C(C#N)C#N)cc1. The van der Waals surface area contributed by atoms with Crippen LogP contribution in [0.25, 0.3) is 22.3 Å². The predicted molar refractivity (Wildman–Crippen MR) is 135 cm³/mol. The number of aryl methyl sites for hydroxylation is 4. The molecule has 6 nitrogen and oxygen atoms in total. The summed E-state index contributed by atoms with van der Waals surface area (Å²) in [5.74, 6) is 0. The fourth-order valence-electron chi connectivity index (χ4n) is 3.39. The van der Waals surface area contributed by atoms with Crippen LogP contribution < -0.4 is 21.9 Å². The van der Waals surface area contributed by atoms with E-state index in [-0.39, 0.29) is 11.1 Å². The number of hydrogen-bond acceptors (Lipinski definition) is 6. The number of hydrogen-bond donors (Lipinski definition) is 2. The van der Waals surface area contributed by atoms with E-state index >= 15 is 0 Å². The molecule has 34 heavy (non-hydrogen) atoms. The zero-order valence-corrected chi connectivity index (χ0v) is 19.6. The second kappa shape index (κ2) is 11.0. The van der Waals surface area contributed by atoms with Crippen molar-refractivity contribution in [3.8, 4) is 35.4 Å². The second-order valence-electron chi connectivity index (χ2n) is 7.82. The van der Waals surface area contributed by atoms with Crippen LogP contribution in [0, 0.1) is 73.0 Å². The van der Waals surface area contributed by atoms with E-state index < -0.39 is 0 Å². The largest absolute Gasteiger partial charge is 0.398 e. The molecule has 0 heterocycles. The van der Waals surface area contributed by atoms with E-state index in [1.54, 1.807) is 24.3 Å². The van der Waals surface area contributed by atoms with Gasteiger partial charge < -0.3 is 11.5 Å². The average molecular weight is 445 g/mol. The number of nitriles is 4. The third-order valence-electron chi connectivity index (χ3n) is 5.43. The summed E-state index contributed by atoms with van der Waals surface area (Å²) in [4.78, 5) is 0. The van der Waals surface area contributed by atoms with Gasteiger partial charge in [0.1, 0.15) is 35.4 Å². The first-order valence-corrected chi connectivity index (χ1v) is 10.4. The molecule has 3 aromatic carbocycles. The summed E-state index contributed by atoms with van der Waals surface area (Å²) in [6.45, 7) is 8.18. The van der Waals surface area contributed by atoms with E-state index in [0.717, 1.165) is 33.6 Å². The highest BCUT2D eigenvalue weighted by atomic mass is 14.6. The second-order valence-corrected chi connectivity index (χ2v) is 7.82. The van der Waals surface area contributed by atoms with Gasteiger partial charge in [0, 0.05) is 21.8 Å². The molecule has 0 aromatic heterocycles. The van der Waals surface area contributed by atoms with Gasteiger partial charge in [-0.05, 0) is 85.3 Å². The summed E-state index contributed by atoms with van der Waals surface area (Å²) in [5.41, 5.74) is 20.6. The van der Waals surface area contributed by atoms with Gasteiger partial charge in [-0.25, -0.2) is 0 Å². The van der Waals surface area contributed by atoms with Crippen LogP contribution in [0.1, 0.15) is 22.3 Å². The minimum absolute atomic E-state index is 0.00187.